The highest BCUT2D eigenvalue weighted by Crippen LogP contribution is 2.30. The Hall–Kier alpha value is -3.81. The van der Waals surface area contributed by atoms with Gasteiger partial charge in [0.15, 0.2) is 0 Å². The Morgan fingerprint density at radius 1 is 0.829 bits per heavy atom. The number of amides is 1. The largest absolute Gasteiger partial charge is 0.372 e. The fourth-order valence-electron chi connectivity index (χ4n) is 5.03. The summed E-state index contributed by atoms with van der Waals surface area (Å²) < 4.78 is 29.3. The van der Waals surface area contributed by atoms with Crippen molar-refractivity contribution in [1.29, 1.82) is 0 Å². The van der Waals surface area contributed by atoms with Crippen LogP contribution >= 0.6 is 11.6 Å². The summed E-state index contributed by atoms with van der Waals surface area (Å²) in [5.74, 6) is -0.346. The van der Waals surface area contributed by atoms with Crippen LogP contribution in [0.25, 0.3) is 0 Å². The molecule has 0 saturated carbocycles. The molecule has 1 amide bonds. The van der Waals surface area contributed by atoms with Gasteiger partial charge in [-0.2, -0.15) is 0 Å². The van der Waals surface area contributed by atoms with E-state index < -0.39 is 10.0 Å². The number of halogens is 1. The molecule has 1 saturated heterocycles. The first-order chi connectivity index (χ1) is 19.8. The van der Waals surface area contributed by atoms with E-state index in [0.717, 1.165) is 29.8 Å². The van der Waals surface area contributed by atoms with Gasteiger partial charge in [-0.05, 0) is 85.8 Å². The number of rotatable bonds is 9. The van der Waals surface area contributed by atoms with Crippen LogP contribution in [-0.4, -0.2) is 27.4 Å². The van der Waals surface area contributed by atoms with Crippen molar-refractivity contribution in [3.63, 3.8) is 0 Å². The second-order valence-corrected chi connectivity index (χ2v) is 12.7. The van der Waals surface area contributed by atoms with Gasteiger partial charge in [0.2, 0.25) is 0 Å². The minimum atomic E-state index is -4.00. The number of hydrogen-bond donors (Lipinski definition) is 1. The zero-order valence-electron chi connectivity index (χ0n) is 23.1. The minimum absolute atomic E-state index is 0.0373. The summed E-state index contributed by atoms with van der Waals surface area (Å²) in [5, 5.41) is 3.55. The van der Waals surface area contributed by atoms with Gasteiger partial charge in [0.1, 0.15) is 0 Å². The standard InChI is InChI=1S/C33H34ClN3O3S/c1-25-9-19-30(20-10-25)41(39,40)37(24-27-11-15-28(34)16-12-27)32-8-4-3-7-31(32)33(38)35-23-26-13-17-29(18-14-26)36-21-5-2-6-22-36/h3-4,7-20H,2,5-6,21-24H2,1H3,(H,35,38). The number of anilines is 2. The smallest absolute Gasteiger partial charge is 0.264 e. The van der Waals surface area contributed by atoms with Gasteiger partial charge in [-0.25, -0.2) is 8.42 Å². The first kappa shape index (κ1) is 28.7. The SMILES string of the molecule is Cc1ccc(S(=O)(=O)N(Cc2ccc(Cl)cc2)c2ccccc2C(=O)NCc2ccc(N3CCCCC3)cc2)cc1. The minimum Gasteiger partial charge on any atom is -0.372 e. The molecule has 1 heterocycles. The molecular formula is C33H34ClN3O3S. The zero-order chi connectivity index (χ0) is 28.8. The molecule has 1 aliphatic rings. The van der Waals surface area contributed by atoms with Crippen molar-refractivity contribution in [3.8, 4) is 0 Å². The average molecular weight is 588 g/mol. The molecule has 6 nitrogen and oxygen atoms in total. The maximum Gasteiger partial charge on any atom is 0.264 e. The number of carbonyl (C=O) groups excluding carboxylic acids is 1. The molecule has 1 aliphatic heterocycles. The number of piperidine rings is 1. The molecule has 0 spiro atoms. The Morgan fingerprint density at radius 3 is 2.15 bits per heavy atom. The Balaban J connectivity index is 1.40. The molecule has 0 aromatic heterocycles. The third kappa shape index (κ3) is 6.92. The van der Waals surface area contributed by atoms with E-state index in [1.54, 1.807) is 72.8 Å². The molecule has 41 heavy (non-hydrogen) atoms. The number of para-hydroxylation sites is 1. The van der Waals surface area contributed by atoms with E-state index in [-0.39, 0.29) is 22.9 Å². The second-order valence-electron chi connectivity index (χ2n) is 10.4. The van der Waals surface area contributed by atoms with Crippen molar-refractivity contribution < 1.29 is 13.2 Å². The Labute approximate surface area is 247 Å². The third-order valence-corrected chi connectivity index (χ3v) is 9.40. The maximum atomic E-state index is 14.0. The van der Waals surface area contributed by atoms with Gasteiger partial charge in [0, 0.05) is 30.3 Å². The van der Waals surface area contributed by atoms with Crippen LogP contribution in [0.3, 0.4) is 0 Å². The summed E-state index contributed by atoms with van der Waals surface area (Å²) in [7, 11) is -4.00. The van der Waals surface area contributed by atoms with E-state index in [0.29, 0.717) is 17.3 Å². The monoisotopic (exact) mass is 587 g/mol. The predicted molar refractivity (Wildman–Crippen MR) is 166 cm³/mol. The number of aryl methyl sites for hydroxylation is 1. The van der Waals surface area contributed by atoms with Crippen molar-refractivity contribution in [1.82, 2.24) is 5.32 Å². The quantitative estimate of drug-likeness (QED) is 0.230. The van der Waals surface area contributed by atoms with Crippen LogP contribution in [0.5, 0.6) is 0 Å². The normalized spacial score (nSPS) is 13.6. The van der Waals surface area contributed by atoms with Gasteiger partial charge in [0.25, 0.3) is 15.9 Å². The lowest BCUT2D eigenvalue weighted by atomic mass is 10.1. The van der Waals surface area contributed by atoms with E-state index in [4.69, 9.17) is 11.6 Å². The van der Waals surface area contributed by atoms with Crippen LogP contribution in [0.2, 0.25) is 5.02 Å². The van der Waals surface area contributed by atoms with Gasteiger partial charge >= 0.3 is 0 Å². The number of nitrogens with zero attached hydrogens (tertiary/aromatic N) is 2. The average Bonchev–Trinajstić information content (AvgIpc) is 3.00. The van der Waals surface area contributed by atoms with Crippen LogP contribution in [-0.2, 0) is 23.1 Å². The molecule has 8 heteroatoms. The molecule has 4 aromatic carbocycles. The topological polar surface area (TPSA) is 69.7 Å². The Kier molecular flexibility index (Phi) is 8.96. The molecule has 1 fully saturated rings. The highest BCUT2D eigenvalue weighted by Gasteiger charge is 2.28. The van der Waals surface area contributed by atoms with Gasteiger partial charge in [-0.15, -0.1) is 0 Å². The van der Waals surface area contributed by atoms with E-state index in [2.05, 4.69) is 22.3 Å². The molecule has 4 aromatic rings. The van der Waals surface area contributed by atoms with Crippen molar-refractivity contribution >= 4 is 38.9 Å². The first-order valence-corrected chi connectivity index (χ1v) is 15.7. The summed E-state index contributed by atoms with van der Waals surface area (Å²) in [6, 6.07) is 28.8. The number of sulfonamides is 1. The lowest BCUT2D eigenvalue weighted by molar-refractivity contribution is 0.0951. The Bertz CT molecular complexity index is 1580. The number of benzene rings is 4. The van der Waals surface area contributed by atoms with E-state index >= 15 is 0 Å². The van der Waals surface area contributed by atoms with Crippen LogP contribution in [0.15, 0.2) is 102 Å². The summed E-state index contributed by atoms with van der Waals surface area (Å²) in [6.45, 7) is 4.42. The first-order valence-electron chi connectivity index (χ1n) is 13.9. The zero-order valence-corrected chi connectivity index (χ0v) is 24.7. The summed E-state index contributed by atoms with van der Waals surface area (Å²) in [5.41, 5.74) is 4.46. The van der Waals surface area contributed by atoms with Crippen molar-refractivity contribution in [2.75, 3.05) is 22.3 Å². The van der Waals surface area contributed by atoms with E-state index in [9.17, 15) is 13.2 Å². The second kappa shape index (κ2) is 12.8. The summed E-state index contributed by atoms with van der Waals surface area (Å²) >= 11 is 6.08. The molecule has 0 aliphatic carbocycles. The number of nitrogens with one attached hydrogen (secondary N) is 1. The van der Waals surface area contributed by atoms with Gasteiger partial charge in [-0.3, -0.25) is 9.10 Å². The van der Waals surface area contributed by atoms with E-state index in [1.807, 2.05) is 19.1 Å². The third-order valence-electron chi connectivity index (χ3n) is 7.38. The van der Waals surface area contributed by atoms with Crippen LogP contribution in [0, 0.1) is 6.92 Å². The van der Waals surface area contributed by atoms with Crippen molar-refractivity contribution in [2.24, 2.45) is 0 Å². The van der Waals surface area contributed by atoms with Gasteiger partial charge in [-0.1, -0.05) is 65.7 Å². The van der Waals surface area contributed by atoms with Crippen LogP contribution in [0.4, 0.5) is 11.4 Å². The van der Waals surface area contributed by atoms with Crippen molar-refractivity contribution in [3.05, 3.63) is 124 Å². The van der Waals surface area contributed by atoms with Crippen molar-refractivity contribution in [2.45, 2.75) is 44.2 Å². The molecule has 5 rings (SSSR count). The van der Waals surface area contributed by atoms with E-state index in [1.165, 1.54) is 29.3 Å². The molecule has 0 bridgehead atoms. The Morgan fingerprint density at radius 2 is 1.46 bits per heavy atom. The number of carbonyl (C=O) groups is 1. The lowest BCUT2D eigenvalue weighted by Gasteiger charge is -2.29. The molecular weight excluding hydrogens is 554 g/mol. The molecule has 0 atom stereocenters. The highest BCUT2D eigenvalue weighted by atomic mass is 35.5. The molecule has 0 unspecified atom stereocenters. The lowest BCUT2D eigenvalue weighted by Crippen LogP contribution is -2.33. The maximum absolute atomic E-state index is 14.0. The summed E-state index contributed by atoms with van der Waals surface area (Å²) in [4.78, 5) is 16.1. The molecule has 0 radical (unpaired) electrons. The van der Waals surface area contributed by atoms with Crippen LogP contribution < -0.4 is 14.5 Å². The summed E-state index contributed by atoms with van der Waals surface area (Å²) in [6.07, 6.45) is 3.71. The van der Waals surface area contributed by atoms with Crippen LogP contribution in [0.1, 0.15) is 46.3 Å². The fourth-order valence-corrected chi connectivity index (χ4v) is 6.63. The predicted octanol–water partition coefficient (Wildman–Crippen LogP) is 6.96. The number of hydrogen-bond acceptors (Lipinski definition) is 4. The molecule has 1 N–H and O–H groups in total. The van der Waals surface area contributed by atoms with Gasteiger partial charge in [0.05, 0.1) is 22.7 Å². The molecule has 212 valence electrons. The fraction of sp³-hybridized carbons (Fsp3) is 0.242. The van der Waals surface area contributed by atoms with Gasteiger partial charge < -0.3 is 10.2 Å². The highest BCUT2D eigenvalue weighted by molar-refractivity contribution is 7.92.